The van der Waals surface area contributed by atoms with Crippen LogP contribution in [0.4, 0.5) is 0 Å². The Labute approximate surface area is 387 Å². The number of nitrogens with zero attached hydrogens (tertiary/aromatic N) is 4. The average molecular weight is 853 g/mol. The van der Waals surface area contributed by atoms with Crippen LogP contribution in [-0.2, 0) is 0 Å². The van der Waals surface area contributed by atoms with Gasteiger partial charge in [-0.2, -0.15) is 0 Å². The molecule has 0 aliphatic rings. The molecule has 67 heavy (non-hydrogen) atoms. The van der Waals surface area contributed by atoms with E-state index in [1.54, 1.807) is 0 Å². The highest BCUT2D eigenvalue weighted by molar-refractivity contribution is 6.20. The van der Waals surface area contributed by atoms with Crippen molar-refractivity contribution in [3.05, 3.63) is 243 Å². The molecule has 4 heteroatoms. The van der Waals surface area contributed by atoms with E-state index in [0.29, 0.717) is 17.5 Å². The SMILES string of the molecule is c1ccc(-c2cccc(-c3nc(-c4ccc(-c5c6ccccc6cc6c5ccc5ccccc56)cc4)nc(-c4ccccc4-c4cccc5c4c4ccccc4n5-c4ccccc4)n3)c2)cc1. The molecule has 2 aromatic heterocycles. The Balaban J connectivity index is 1.00. The molecule has 0 atom stereocenters. The lowest BCUT2D eigenvalue weighted by molar-refractivity contribution is 1.07. The van der Waals surface area contributed by atoms with E-state index >= 15 is 0 Å². The van der Waals surface area contributed by atoms with E-state index in [-0.39, 0.29) is 0 Å². The molecule has 0 bridgehead atoms. The lowest BCUT2D eigenvalue weighted by atomic mass is 9.89. The molecule has 13 aromatic rings. The Morgan fingerprint density at radius 2 is 0.836 bits per heavy atom. The van der Waals surface area contributed by atoms with Gasteiger partial charge < -0.3 is 4.57 Å². The molecule has 4 nitrogen and oxygen atoms in total. The van der Waals surface area contributed by atoms with Crippen molar-refractivity contribution in [2.24, 2.45) is 0 Å². The summed E-state index contributed by atoms with van der Waals surface area (Å²) >= 11 is 0. The molecule has 0 fully saturated rings. The molecule has 0 amide bonds. The third kappa shape index (κ3) is 6.57. The van der Waals surface area contributed by atoms with Gasteiger partial charge in [0, 0.05) is 33.2 Å². The zero-order valence-corrected chi connectivity index (χ0v) is 36.4. The van der Waals surface area contributed by atoms with Gasteiger partial charge in [0.05, 0.1) is 11.0 Å². The van der Waals surface area contributed by atoms with Crippen molar-refractivity contribution in [3.63, 3.8) is 0 Å². The molecule has 0 N–H and O–H groups in total. The van der Waals surface area contributed by atoms with Crippen LogP contribution in [-0.4, -0.2) is 19.5 Å². The largest absolute Gasteiger partial charge is 0.309 e. The van der Waals surface area contributed by atoms with Gasteiger partial charge in [0.2, 0.25) is 0 Å². The Morgan fingerprint density at radius 1 is 0.269 bits per heavy atom. The quantitative estimate of drug-likeness (QED) is 0.118. The fourth-order valence-electron chi connectivity index (χ4n) is 10.2. The van der Waals surface area contributed by atoms with Crippen molar-refractivity contribution in [1.29, 1.82) is 0 Å². The molecule has 11 aromatic carbocycles. The Morgan fingerprint density at radius 3 is 1.66 bits per heavy atom. The maximum atomic E-state index is 5.37. The van der Waals surface area contributed by atoms with Crippen molar-refractivity contribution in [1.82, 2.24) is 19.5 Å². The smallest absolute Gasteiger partial charge is 0.164 e. The van der Waals surface area contributed by atoms with Gasteiger partial charge in [-0.1, -0.05) is 206 Å². The Bertz CT molecular complexity index is 4020. The summed E-state index contributed by atoms with van der Waals surface area (Å²) in [5.41, 5.74) is 12.9. The van der Waals surface area contributed by atoms with Crippen molar-refractivity contribution in [2.75, 3.05) is 0 Å². The summed E-state index contributed by atoms with van der Waals surface area (Å²) in [7, 11) is 0. The molecular formula is C63H40N4. The summed E-state index contributed by atoms with van der Waals surface area (Å²) in [6, 6.07) is 86.4. The molecule has 0 radical (unpaired) electrons. The first kappa shape index (κ1) is 38.5. The minimum absolute atomic E-state index is 0.610. The topological polar surface area (TPSA) is 43.6 Å². The van der Waals surface area contributed by atoms with Crippen molar-refractivity contribution < 1.29 is 0 Å². The number of rotatable bonds is 7. The van der Waals surface area contributed by atoms with Gasteiger partial charge in [0.1, 0.15) is 0 Å². The van der Waals surface area contributed by atoms with Crippen molar-refractivity contribution in [3.8, 4) is 73.2 Å². The first-order valence-electron chi connectivity index (χ1n) is 22.8. The minimum Gasteiger partial charge on any atom is -0.309 e. The highest BCUT2D eigenvalue weighted by Gasteiger charge is 2.21. The van der Waals surface area contributed by atoms with Crippen molar-refractivity contribution >= 4 is 54.1 Å². The highest BCUT2D eigenvalue weighted by atomic mass is 15.0. The van der Waals surface area contributed by atoms with Crippen LogP contribution in [0.2, 0.25) is 0 Å². The maximum absolute atomic E-state index is 5.37. The molecular weight excluding hydrogens is 813 g/mol. The van der Waals surface area contributed by atoms with Crippen LogP contribution in [0, 0.1) is 0 Å². The Hall–Kier alpha value is -8.99. The highest BCUT2D eigenvalue weighted by Crippen LogP contribution is 2.43. The number of fused-ring (bicyclic) bond motifs is 7. The van der Waals surface area contributed by atoms with Crippen LogP contribution in [0.3, 0.4) is 0 Å². The Kier molecular flexibility index (Phi) is 9.14. The summed E-state index contributed by atoms with van der Waals surface area (Å²) in [5, 5.41) is 9.78. The predicted octanol–water partition coefficient (Wildman–Crippen LogP) is 16.4. The van der Waals surface area contributed by atoms with Crippen LogP contribution in [0.25, 0.3) is 127 Å². The summed E-state index contributed by atoms with van der Waals surface area (Å²) in [5.74, 6) is 1.84. The van der Waals surface area contributed by atoms with Crippen LogP contribution >= 0.6 is 0 Å². The van der Waals surface area contributed by atoms with E-state index in [2.05, 4.69) is 241 Å². The number of aromatic nitrogens is 4. The van der Waals surface area contributed by atoms with Gasteiger partial charge in [-0.25, -0.2) is 15.0 Å². The second-order valence-corrected chi connectivity index (χ2v) is 17.1. The van der Waals surface area contributed by atoms with Crippen LogP contribution in [0.15, 0.2) is 243 Å². The molecule has 0 saturated heterocycles. The second-order valence-electron chi connectivity index (χ2n) is 17.1. The van der Waals surface area contributed by atoms with E-state index in [4.69, 9.17) is 15.0 Å². The standard InChI is InChI=1S/C63H40N4/c1-3-17-41(18-4-1)45-21-15-22-47(39-45)62-64-61(44-35-33-43(34-36-44)59-50-26-10-8-20-46(50)40-56-49-25-9-7-19-42(49)37-38-53(56)59)65-63(66-62)54-28-12-11-27-51(54)52-30-16-32-58-60(52)55-29-13-14-31-57(55)67(58)48-23-5-2-6-24-48/h1-40H. The van der Waals surface area contributed by atoms with Crippen LogP contribution in [0.5, 0.6) is 0 Å². The zero-order chi connectivity index (χ0) is 44.3. The summed E-state index contributed by atoms with van der Waals surface area (Å²) in [6.07, 6.45) is 0. The molecule has 0 unspecified atom stereocenters. The second kappa shape index (κ2) is 15.9. The zero-order valence-electron chi connectivity index (χ0n) is 36.4. The fourth-order valence-corrected chi connectivity index (χ4v) is 10.2. The molecule has 0 aliphatic heterocycles. The lowest BCUT2D eigenvalue weighted by Crippen LogP contribution is -2.01. The monoisotopic (exact) mass is 852 g/mol. The van der Waals surface area contributed by atoms with Crippen LogP contribution < -0.4 is 0 Å². The molecule has 0 saturated carbocycles. The molecule has 13 rings (SSSR count). The van der Waals surface area contributed by atoms with Gasteiger partial charge in [-0.15, -0.1) is 0 Å². The molecule has 0 spiro atoms. The number of benzene rings is 11. The average Bonchev–Trinajstić information content (AvgIpc) is 3.75. The number of hydrogen-bond acceptors (Lipinski definition) is 3. The van der Waals surface area contributed by atoms with Gasteiger partial charge in [-0.05, 0) is 102 Å². The lowest BCUT2D eigenvalue weighted by Gasteiger charge is -2.15. The number of para-hydroxylation sites is 2. The van der Waals surface area contributed by atoms with E-state index in [1.165, 1.54) is 48.7 Å². The van der Waals surface area contributed by atoms with E-state index in [9.17, 15) is 0 Å². The third-order valence-corrected chi connectivity index (χ3v) is 13.2. The van der Waals surface area contributed by atoms with Crippen LogP contribution in [0.1, 0.15) is 0 Å². The van der Waals surface area contributed by atoms with E-state index < -0.39 is 0 Å². The van der Waals surface area contributed by atoms with E-state index in [0.717, 1.165) is 61.2 Å². The first-order valence-corrected chi connectivity index (χ1v) is 22.8. The van der Waals surface area contributed by atoms with Gasteiger partial charge in [-0.3, -0.25) is 0 Å². The minimum atomic E-state index is 0.610. The fraction of sp³-hybridized carbons (Fsp3) is 0. The normalized spacial score (nSPS) is 11.6. The van der Waals surface area contributed by atoms with Gasteiger partial charge in [0.15, 0.2) is 17.5 Å². The molecule has 312 valence electrons. The maximum Gasteiger partial charge on any atom is 0.164 e. The third-order valence-electron chi connectivity index (χ3n) is 13.2. The summed E-state index contributed by atoms with van der Waals surface area (Å²) in [4.78, 5) is 16.0. The van der Waals surface area contributed by atoms with Gasteiger partial charge in [0.25, 0.3) is 0 Å². The summed E-state index contributed by atoms with van der Waals surface area (Å²) < 4.78 is 2.36. The first-order chi connectivity index (χ1) is 33.2. The van der Waals surface area contributed by atoms with Crippen molar-refractivity contribution in [2.45, 2.75) is 0 Å². The predicted molar refractivity (Wildman–Crippen MR) is 279 cm³/mol. The molecule has 0 aliphatic carbocycles. The number of hydrogen-bond donors (Lipinski definition) is 0. The van der Waals surface area contributed by atoms with Gasteiger partial charge >= 0.3 is 0 Å². The molecule has 2 heterocycles. The summed E-state index contributed by atoms with van der Waals surface area (Å²) in [6.45, 7) is 0. The van der Waals surface area contributed by atoms with E-state index in [1.807, 2.05) is 6.07 Å².